The lowest BCUT2D eigenvalue weighted by atomic mass is 10.1. The van der Waals surface area contributed by atoms with Crippen LogP contribution in [0.15, 0.2) is 61.1 Å². The standard InChI is InChI=1S/C15H12FN3O/c16-13-10-17-8-6-12(13)15(20)14-7-9-19(18-14)11-4-2-1-3-5-11/h1-10,15,20H. The third-order valence-corrected chi connectivity index (χ3v) is 3.01. The minimum atomic E-state index is -1.11. The molecule has 2 aromatic heterocycles. The molecule has 1 unspecified atom stereocenters. The van der Waals surface area contributed by atoms with Crippen molar-refractivity contribution in [2.75, 3.05) is 0 Å². The van der Waals surface area contributed by atoms with E-state index in [1.54, 1.807) is 16.9 Å². The van der Waals surface area contributed by atoms with Gasteiger partial charge in [0, 0.05) is 18.0 Å². The molecule has 0 aliphatic heterocycles. The fourth-order valence-corrected chi connectivity index (χ4v) is 1.98. The highest BCUT2D eigenvalue weighted by Crippen LogP contribution is 2.22. The van der Waals surface area contributed by atoms with E-state index in [2.05, 4.69) is 10.1 Å². The SMILES string of the molecule is OC(c1ccn(-c2ccccc2)n1)c1ccncc1F. The number of aromatic nitrogens is 3. The number of para-hydroxylation sites is 1. The Labute approximate surface area is 115 Å². The van der Waals surface area contributed by atoms with Crippen molar-refractivity contribution in [2.45, 2.75) is 6.10 Å². The molecule has 0 amide bonds. The second-order valence-corrected chi connectivity index (χ2v) is 4.32. The number of hydrogen-bond acceptors (Lipinski definition) is 3. The van der Waals surface area contributed by atoms with Gasteiger partial charge >= 0.3 is 0 Å². The molecule has 0 aliphatic rings. The largest absolute Gasteiger partial charge is 0.382 e. The Morgan fingerprint density at radius 3 is 2.65 bits per heavy atom. The first-order chi connectivity index (χ1) is 9.75. The van der Waals surface area contributed by atoms with Crippen molar-refractivity contribution in [3.05, 3.63) is 78.1 Å². The number of hydrogen-bond donors (Lipinski definition) is 1. The van der Waals surface area contributed by atoms with Crippen molar-refractivity contribution in [1.29, 1.82) is 0 Å². The molecular weight excluding hydrogens is 257 g/mol. The second kappa shape index (κ2) is 5.22. The fraction of sp³-hybridized carbons (Fsp3) is 0.0667. The molecule has 0 spiro atoms. The van der Waals surface area contributed by atoms with Crippen LogP contribution in [0.4, 0.5) is 4.39 Å². The zero-order valence-corrected chi connectivity index (χ0v) is 10.5. The van der Waals surface area contributed by atoms with Crippen molar-refractivity contribution in [3.63, 3.8) is 0 Å². The highest BCUT2D eigenvalue weighted by atomic mass is 19.1. The van der Waals surface area contributed by atoms with Gasteiger partial charge in [0.25, 0.3) is 0 Å². The quantitative estimate of drug-likeness (QED) is 0.794. The molecule has 100 valence electrons. The molecule has 3 aromatic rings. The van der Waals surface area contributed by atoms with E-state index in [9.17, 15) is 9.50 Å². The van der Waals surface area contributed by atoms with Gasteiger partial charge in [0.05, 0.1) is 17.6 Å². The summed E-state index contributed by atoms with van der Waals surface area (Å²) in [5.41, 5.74) is 1.43. The molecule has 0 fully saturated rings. The van der Waals surface area contributed by atoms with Gasteiger partial charge in [-0.05, 0) is 24.3 Å². The Morgan fingerprint density at radius 2 is 1.90 bits per heavy atom. The maximum absolute atomic E-state index is 13.6. The van der Waals surface area contributed by atoms with Gasteiger partial charge in [0.15, 0.2) is 0 Å². The van der Waals surface area contributed by atoms with Gasteiger partial charge in [-0.3, -0.25) is 4.98 Å². The summed E-state index contributed by atoms with van der Waals surface area (Å²) in [6, 6.07) is 12.6. The lowest BCUT2D eigenvalue weighted by molar-refractivity contribution is 0.209. The topological polar surface area (TPSA) is 50.9 Å². The molecule has 1 aromatic carbocycles. The summed E-state index contributed by atoms with van der Waals surface area (Å²) < 4.78 is 15.2. The van der Waals surface area contributed by atoms with E-state index in [0.717, 1.165) is 11.9 Å². The molecular formula is C15H12FN3O. The third-order valence-electron chi connectivity index (χ3n) is 3.01. The van der Waals surface area contributed by atoms with Gasteiger partial charge in [-0.15, -0.1) is 0 Å². The normalized spacial score (nSPS) is 12.3. The Kier molecular flexibility index (Phi) is 3.26. The summed E-state index contributed by atoms with van der Waals surface area (Å²) in [5, 5.41) is 14.5. The average molecular weight is 269 g/mol. The third kappa shape index (κ3) is 2.31. The molecule has 5 heteroatoms. The van der Waals surface area contributed by atoms with E-state index in [0.29, 0.717) is 5.69 Å². The molecule has 0 radical (unpaired) electrons. The van der Waals surface area contributed by atoms with Crippen LogP contribution in [0.2, 0.25) is 0 Å². The van der Waals surface area contributed by atoms with E-state index in [-0.39, 0.29) is 5.56 Å². The number of aliphatic hydroxyl groups excluding tert-OH is 1. The van der Waals surface area contributed by atoms with Crippen molar-refractivity contribution in [1.82, 2.24) is 14.8 Å². The molecule has 0 bridgehead atoms. The van der Waals surface area contributed by atoms with Gasteiger partial charge in [0.2, 0.25) is 0 Å². The number of aliphatic hydroxyl groups is 1. The summed E-state index contributed by atoms with van der Waals surface area (Å²) in [7, 11) is 0. The smallest absolute Gasteiger partial charge is 0.147 e. The van der Waals surface area contributed by atoms with Gasteiger partial charge < -0.3 is 5.11 Å². The fourth-order valence-electron chi connectivity index (χ4n) is 1.98. The molecule has 0 aliphatic carbocycles. The van der Waals surface area contributed by atoms with Crippen LogP contribution in [0, 0.1) is 5.82 Å². The van der Waals surface area contributed by atoms with E-state index >= 15 is 0 Å². The van der Waals surface area contributed by atoms with E-state index in [1.807, 2.05) is 30.3 Å². The van der Waals surface area contributed by atoms with Crippen LogP contribution >= 0.6 is 0 Å². The van der Waals surface area contributed by atoms with Gasteiger partial charge in [0.1, 0.15) is 11.9 Å². The van der Waals surface area contributed by atoms with Crippen molar-refractivity contribution in [2.24, 2.45) is 0 Å². The molecule has 1 N–H and O–H groups in total. The van der Waals surface area contributed by atoms with Gasteiger partial charge in [-0.25, -0.2) is 9.07 Å². The summed E-state index contributed by atoms with van der Waals surface area (Å²) >= 11 is 0. The molecule has 20 heavy (non-hydrogen) atoms. The van der Waals surface area contributed by atoms with E-state index in [1.165, 1.54) is 12.3 Å². The lowest BCUT2D eigenvalue weighted by Gasteiger charge is -2.08. The number of pyridine rings is 1. The second-order valence-electron chi connectivity index (χ2n) is 4.32. The Hall–Kier alpha value is -2.53. The van der Waals surface area contributed by atoms with Crippen molar-refractivity contribution >= 4 is 0 Å². The highest BCUT2D eigenvalue weighted by molar-refractivity contribution is 5.32. The Bertz CT molecular complexity index is 712. The monoisotopic (exact) mass is 269 g/mol. The predicted molar refractivity (Wildman–Crippen MR) is 71.8 cm³/mol. The van der Waals surface area contributed by atoms with Gasteiger partial charge in [-0.2, -0.15) is 5.10 Å². The summed E-state index contributed by atoms with van der Waals surface area (Å²) in [4.78, 5) is 3.66. The zero-order valence-electron chi connectivity index (χ0n) is 10.5. The summed E-state index contributed by atoms with van der Waals surface area (Å²) in [5.74, 6) is -0.547. The number of halogens is 1. The first-order valence-corrected chi connectivity index (χ1v) is 6.14. The Morgan fingerprint density at radius 1 is 1.10 bits per heavy atom. The maximum atomic E-state index is 13.6. The van der Waals surface area contributed by atoms with Crippen molar-refractivity contribution in [3.8, 4) is 5.69 Å². The Balaban J connectivity index is 1.93. The molecule has 0 saturated heterocycles. The van der Waals surface area contributed by atoms with Crippen LogP contribution in [-0.4, -0.2) is 19.9 Å². The van der Waals surface area contributed by atoms with Crippen LogP contribution < -0.4 is 0 Å². The van der Waals surface area contributed by atoms with Crippen molar-refractivity contribution < 1.29 is 9.50 Å². The van der Waals surface area contributed by atoms with Crippen LogP contribution in [-0.2, 0) is 0 Å². The first kappa shape index (κ1) is 12.5. The summed E-state index contributed by atoms with van der Waals surface area (Å²) in [6.07, 6.45) is 3.14. The summed E-state index contributed by atoms with van der Waals surface area (Å²) in [6.45, 7) is 0. The highest BCUT2D eigenvalue weighted by Gasteiger charge is 2.17. The lowest BCUT2D eigenvalue weighted by Crippen LogP contribution is -2.05. The minimum absolute atomic E-state index is 0.165. The van der Waals surface area contributed by atoms with E-state index in [4.69, 9.17) is 0 Å². The zero-order chi connectivity index (χ0) is 13.9. The number of rotatable bonds is 3. The van der Waals surface area contributed by atoms with Crippen LogP contribution in [0.5, 0.6) is 0 Å². The van der Waals surface area contributed by atoms with Crippen LogP contribution in [0.25, 0.3) is 5.69 Å². The van der Waals surface area contributed by atoms with Crippen LogP contribution in [0.1, 0.15) is 17.4 Å². The predicted octanol–water partition coefficient (Wildman–Crippen LogP) is 2.49. The molecule has 1 atom stereocenters. The molecule has 0 saturated carbocycles. The molecule has 2 heterocycles. The van der Waals surface area contributed by atoms with Crippen LogP contribution in [0.3, 0.4) is 0 Å². The maximum Gasteiger partial charge on any atom is 0.147 e. The molecule has 3 rings (SSSR count). The minimum Gasteiger partial charge on any atom is -0.382 e. The first-order valence-electron chi connectivity index (χ1n) is 6.14. The molecule has 4 nitrogen and oxygen atoms in total. The van der Waals surface area contributed by atoms with Gasteiger partial charge in [-0.1, -0.05) is 18.2 Å². The van der Waals surface area contributed by atoms with E-state index < -0.39 is 11.9 Å². The number of benzene rings is 1. The number of nitrogens with zero attached hydrogens (tertiary/aromatic N) is 3. The average Bonchev–Trinajstić information content (AvgIpc) is 2.98.